The summed E-state index contributed by atoms with van der Waals surface area (Å²) in [7, 11) is 0. The van der Waals surface area contributed by atoms with Gasteiger partial charge in [-0.2, -0.15) is 0 Å². The lowest BCUT2D eigenvalue weighted by molar-refractivity contribution is 0.0871. The first kappa shape index (κ1) is 12.5. The van der Waals surface area contributed by atoms with Gasteiger partial charge in [-0.15, -0.1) is 0 Å². The topological polar surface area (TPSA) is 69.6 Å². The molecule has 2 unspecified atom stereocenters. The van der Waals surface area contributed by atoms with Crippen molar-refractivity contribution in [1.82, 2.24) is 5.32 Å². The highest BCUT2D eigenvalue weighted by atomic mass is 16.3. The van der Waals surface area contributed by atoms with Crippen molar-refractivity contribution in [2.75, 3.05) is 0 Å². The Hall–Kier alpha value is -1.55. The van der Waals surface area contributed by atoms with Gasteiger partial charge in [0.15, 0.2) is 0 Å². The van der Waals surface area contributed by atoms with Crippen molar-refractivity contribution in [2.45, 2.75) is 32.9 Å². The van der Waals surface area contributed by atoms with E-state index in [4.69, 9.17) is 0 Å². The van der Waals surface area contributed by atoms with E-state index in [-0.39, 0.29) is 23.3 Å². The summed E-state index contributed by atoms with van der Waals surface area (Å²) in [5, 5.41) is 21.6. The normalized spacial score (nSPS) is 14.2. The van der Waals surface area contributed by atoms with Gasteiger partial charge in [-0.25, -0.2) is 0 Å². The molecule has 0 aliphatic carbocycles. The minimum atomic E-state index is -0.629. The predicted octanol–water partition coefficient (Wildman–Crippen LogP) is 1.20. The summed E-state index contributed by atoms with van der Waals surface area (Å²) in [6.45, 7) is 5.03. The SMILES string of the molecule is Cc1cccc(C(=O)NC(C)C(C)O)c1O. The third-order valence-electron chi connectivity index (χ3n) is 2.56. The third-order valence-corrected chi connectivity index (χ3v) is 2.56. The van der Waals surface area contributed by atoms with Crippen molar-refractivity contribution >= 4 is 5.91 Å². The molecule has 0 saturated heterocycles. The molecule has 0 aliphatic heterocycles. The van der Waals surface area contributed by atoms with Crippen molar-refractivity contribution in [1.29, 1.82) is 0 Å². The fraction of sp³-hybridized carbons (Fsp3) is 0.417. The van der Waals surface area contributed by atoms with Crippen LogP contribution in [-0.4, -0.2) is 28.3 Å². The number of aliphatic hydroxyl groups excluding tert-OH is 1. The predicted molar refractivity (Wildman–Crippen MR) is 61.5 cm³/mol. The molecule has 4 heteroatoms. The Morgan fingerprint density at radius 3 is 2.56 bits per heavy atom. The first-order valence-electron chi connectivity index (χ1n) is 5.21. The van der Waals surface area contributed by atoms with E-state index in [1.165, 1.54) is 0 Å². The van der Waals surface area contributed by atoms with Crippen LogP contribution in [-0.2, 0) is 0 Å². The Kier molecular flexibility index (Phi) is 3.90. The highest BCUT2D eigenvalue weighted by Crippen LogP contribution is 2.21. The van der Waals surface area contributed by atoms with Gasteiger partial charge in [0, 0.05) is 0 Å². The monoisotopic (exact) mass is 223 g/mol. The van der Waals surface area contributed by atoms with Crippen LogP contribution < -0.4 is 5.32 Å². The van der Waals surface area contributed by atoms with E-state index in [0.717, 1.165) is 0 Å². The molecule has 1 rings (SSSR count). The number of aryl methyl sites for hydroxylation is 1. The van der Waals surface area contributed by atoms with Crippen LogP contribution in [0, 0.1) is 6.92 Å². The lowest BCUT2D eigenvalue weighted by Crippen LogP contribution is -2.39. The number of benzene rings is 1. The van der Waals surface area contributed by atoms with E-state index in [1.54, 1.807) is 39.0 Å². The molecule has 0 fully saturated rings. The van der Waals surface area contributed by atoms with Gasteiger partial charge in [-0.3, -0.25) is 4.79 Å². The molecule has 0 aromatic heterocycles. The molecule has 1 aromatic rings. The third kappa shape index (κ3) is 2.73. The molecule has 16 heavy (non-hydrogen) atoms. The summed E-state index contributed by atoms with van der Waals surface area (Å²) in [5.41, 5.74) is 0.879. The van der Waals surface area contributed by atoms with Gasteiger partial charge in [0.25, 0.3) is 5.91 Å². The highest BCUT2D eigenvalue weighted by molar-refractivity contribution is 5.97. The number of aliphatic hydroxyl groups is 1. The Bertz CT molecular complexity index is 388. The van der Waals surface area contributed by atoms with Gasteiger partial charge < -0.3 is 15.5 Å². The number of carbonyl (C=O) groups is 1. The molecular weight excluding hydrogens is 206 g/mol. The van der Waals surface area contributed by atoms with Crippen LogP contribution in [0.4, 0.5) is 0 Å². The van der Waals surface area contributed by atoms with E-state index >= 15 is 0 Å². The van der Waals surface area contributed by atoms with Gasteiger partial charge in [0.05, 0.1) is 17.7 Å². The van der Waals surface area contributed by atoms with Crippen LogP contribution >= 0.6 is 0 Å². The summed E-state index contributed by atoms with van der Waals surface area (Å²) in [6, 6.07) is 4.63. The average molecular weight is 223 g/mol. The smallest absolute Gasteiger partial charge is 0.255 e. The van der Waals surface area contributed by atoms with Crippen LogP contribution in [0.5, 0.6) is 5.75 Å². The second kappa shape index (κ2) is 4.99. The largest absolute Gasteiger partial charge is 0.507 e. The summed E-state index contributed by atoms with van der Waals surface area (Å²) in [6.07, 6.45) is -0.629. The van der Waals surface area contributed by atoms with Crippen LogP contribution in [0.2, 0.25) is 0 Å². The summed E-state index contributed by atoms with van der Waals surface area (Å²) in [5.74, 6) is -0.396. The molecule has 4 nitrogen and oxygen atoms in total. The second-order valence-corrected chi connectivity index (χ2v) is 3.97. The molecule has 0 heterocycles. The molecule has 1 amide bonds. The minimum Gasteiger partial charge on any atom is -0.507 e. The first-order chi connectivity index (χ1) is 7.43. The van der Waals surface area contributed by atoms with Crippen molar-refractivity contribution in [2.24, 2.45) is 0 Å². The Balaban J connectivity index is 2.85. The fourth-order valence-corrected chi connectivity index (χ4v) is 1.25. The second-order valence-electron chi connectivity index (χ2n) is 3.97. The Labute approximate surface area is 94.9 Å². The van der Waals surface area contributed by atoms with E-state index in [2.05, 4.69) is 5.32 Å². The van der Waals surface area contributed by atoms with Crippen LogP contribution in [0.1, 0.15) is 29.8 Å². The zero-order valence-electron chi connectivity index (χ0n) is 9.69. The summed E-state index contributed by atoms with van der Waals surface area (Å²) < 4.78 is 0. The van der Waals surface area contributed by atoms with Gasteiger partial charge in [-0.05, 0) is 32.4 Å². The summed E-state index contributed by atoms with van der Waals surface area (Å²) in [4.78, 5) is 11.8. The molecule has 0 aliphatic rings. The van der Waals surface area contributed by atoms with E-state index in [1.807, 2.05) is 0 Å². The van der Waals surface area contributed by atoms with Crippen molar-refractivity contribution in [3.8, 4) is 5.75 Å². The Morgan fingerprint density at radius 2 is 2.00 bits per heavy atom. The molecule has 0 bridgehead atoms. The number of aromatic hydroxyl groups is 1. The average Bonchev–Trinajstić information content (AvgIpc) is 2.21. The molecule has 88 valence electrons. The number of phenols is 1. The fourth-order valence-electron chi connectivity index (χ4n) is 1.25. The van der Waals surface area contributed by atoms with Crippen LogP contribution in [0.25, 0.3) is 0 Å². The number of hydrogen-bond acceptors (Lipinski definition) is 3. The quantitative estimate of drug-likeness (QED) is 0.721. The number of hydrogen-bond donors (Lipinski definition) is 3. The van der Waals surface area contributed by atoms with E-state index in [9.17, 15) is 15.0 Å². The van der Waals surface area contributed by atoms with Crippen molar-refractivity contribution in [3.63, 3.8) is 0 Å². The zero-order valence-corrected chi connectivity index (χ0v) is 9.69. The van der Waals surface area contributed by atoms with Crippen molar-refractivity contribution in [3.05, 3.63) is 29.3 Å². The van der Waals surface area contributed by atoms with Gasteiger partial charge in [-0.1, -0.05) is 12.1 Å². The molecular formula is C12H17NO3. The maximum Gasteiger partial charge on any atom is 0.255 e. The molecule has 0 radical (unpaired) electrons. The number of rotatable bonds is 3. The Morgan fingerprint density at radius 1 is 1.38 bits per heavy atom. The zero-order chi connectivity index (χ0) is 12.3. The maximum atomic E-state index is 11.8. The summed E-state index contributed by atoms with van der Waals surface area (Å²) >= 11 is 0. The number of para-hydroxylation sites is 1. The number of carbonyl (C=O) groups excluding carboxylic acids is 1. The van der Waals surface area contributed by atoms with E-state index < -0.39 is 6.10 Å². The molecule has 2 atom stereocenters. The standard InChI is InChI=1S/C12H17NO3/c1-7-5-4-6-10(11(7)15)12(16)13-8(2)9(3)14/h4-6,8-9,14-15H,1-3H3,(H,13,16). The molecule has 0 saturated carbocycles. The molecule has 3 N–H and O–H groups in total. The van der Waals surface area contributed by atoms with Gasteiger partial charge in [0.2, 0.25) is 0 Å². The number of amides is 1. The lowest BCUT2D eigenvalue weighted by atomic mass is 10.1. The lowest BCUT2D eigenvalue weighted by Gasteiger charge is -2.17. The van der Waals surface area contributed by atoms with Crippen LogP contribution in [0.15, 0.2) is 18.2 Å². The van der Waals surface area contributed by atoms with Crippen LogP contribution in [0.3, 0.4) is 0 Å². The number of phenolic OH excluding ortho intramolecular Hbond substituents is 1. The van der Waals surface area contributed by atoms with Gasteiger partial charge in [0.1, 0.15) is 5.75 Å². The van der Waals surface area contributed by atoms with Crippen molar-refractivity contribution < 1.29 is 15.0 Å². The van der Waals surface area contributed by atoms with E-state index in [0.29, 0.717) is 5.56 Å². The van der Waals surface area contributed by atoms with Gasteiger partial charge >= 0.3 is 0 Å². The molecule has 1 aromatic carbocycles. The highest BCUT2D eigenvalue weighted by Gasteiger charge is 2.16. The first-order valence-corrected chi connectivity index (χ1v) is 5.21. The minimum absolute atomic E-state index is 0.0159. The molecule has 0 spiro atoms. The maximum absolute atomic E-state index is 11.8. The number of nitrogens with one attached hydrogen (secondary N) is 1.